The third kappa shape index (κ3) is 5.92. The van der Waals surface area contributed by atoms with E-state index in [1.807, 2.05) is 0 Å². The van der Waals surface area contributed by atoms with Crippen LogP contribution < -0.4 is 10.6 Å². The molecule has 172 valence electrons. The van der Waals surface area contributed by atoms with Gasteiger partial charge in [-0.25, -0.2) is 9.48 Å². The summed E-state index contributed by atoms with van der Waals surface area (Å²) in [5.74, 6) is -0.993. The molecule has 0 radical (unpaired) electrons. The average Bonchev–Trinajstić information content (AvgIpc) is 3.30. The van der Waals surface area contributed by atoms with E-state index in [1.165, 1.54) is 30.0 Å². The molecule has 0 saturated heterocycles. The lowest BCUT2D eigenvalue weighted by molar-refractivity contribution is -0.384. The number of esters is 1. The highest BCUT2D eigenvalue weighted by Crippen LogP contribution is 2.26. The molecule has 3 rings (SSSR count). The predicted octanol–water partition coefficient (Wildman–Crippen LogP) is 3.27. The number of carbonyl (C=O) groups excluding carboxylic acids is 2. The molecule has 0 aliphatic heterocycles. The SMILES string of the molecule is CCOC(=O)c1ccn(-c2ccc(NC(=O)c3ccc(NCCOC)c([N+](=O)[O-])c3)cc2)n1. The summed E-state index contributed by atoms with van der Waals surface area (Å²) in [6.07, 6.45) is 1.63. The number of anilines is 2. The molecule has 0 bridgehead atoms. The van der Waals surface area contributed by atoms with Crippen molar-refractivity contribution in [3.05, 3.63) is 76.1 Å². The molecule has 0 unspecified atom stereocenters. The van der Waals surface area contributed by atoms with Gasteiger partial charge in [-0.15, -0.1) is 0 Å². The van der Waals surface area contributed by atoms with E-state index in [1.54, 1.807) is 43.5 Å². The van der Waals surface area contributed by atoms with E-state index in [0.717, 1.165) is 0 Å². The van der Waals surface area contributed by atoms with E-state index < -0.39 is 16.8 Å². The number of nitro benzene ring substituents is 1. The minimum absolute atomic E-state index is 0.147. The lowest BCUT2D eigenvalue weighted by Crippen LogP contribution is -2.14. The van der Waals surface area contributed by atoms with Crippen molar-refractivity contribution in [2.24, 2.45) is 0 Å². The third-order valence-electron chi connectivity index (χ3n) is 4.54. The van der Waals surface area contributed by atoms with Gasteiger partial charge in [0.1, 0.15) is 5.69 Å². The maximum atomic E-state index is 12.6. The molecule has 1 amide bonds. The summed E-state index contributed by atoms with van der Waals surface area (Å²) in [4.78, 5) is 35.2. The van der Waals surface area contributed by atoms with Crippen LogP contribution in [0.4, 0.5) is 17.1 Å². The van der Waals surface area contributed by atoms with Gasteiger partial charge in [-0.3, -0.25) is 14.9 Å². The largest absolute Gasteiger partial charge is 0.461 e. The Kier molecular flexibility index (Phi) is 7.71. The van der Waals surface area contributed by atoms with Gasteiger partial charge in [0, 0.05) is 37.2 Å². The molecule has 2 N–H and O–H groups in total. The van der Waals surface area contributed by atoms with Gasteiger partial charge in [0.15, 0.2) is 5.69 Å². The van der Waals surface area contributed by atoms with E-state index in [4.69, 9.17) is 9.47 Å². The van der Waals surface area contributed by atoms with Crippen LogP contribution in [0.25, 0.3) is 5.69 Å². The molecule has 0 aliphatic rings. The maximum Gasteiger partial charge on any atom is 0.358 e. The Labute approximate surface area is 189 Å². The number of carbonyl (C=O) groups is 2. The Morgan fingerprint density at radius 3 is 2.58 bits per heavy atom. The predicted molar refractivity (Wildman–Crippen MR) is 121 cm³/mol. The zero-order valence-electron chi connectivity index (χ0n) is 18.1. The number of hydrogen-bond donors (Lipinski definition) is 2. The van der Waals surface area contributed by atoms with Crippen molar-refractivity contribution >= 4 is 28.9 Å². The van der Waals surface area contributed by atoms with E-state index in [2.05, 4.69) is 15.7 Å². The topological polar surface area (TPSA) is 138 Å². The Morgan fingerprint density at radius 2 is 1.91 bits per heavy atom. The Morgan fingerprint density at radius 1 is 1.15 bits per heavy atom. The zero-order chi connectivity index (χ0) is 23.8. The zero-order valence-corrected chi connectivity index (χ0v) is 18.1. The number of nitrogens with zero attached hydrogens (tertiary/aromatic N) is 3. The highest BCUT2D eigenvalue weighted by Gasteiger charge is 2.18. The highest BCUT2D eigenvalue weighted by molar-refractivity contribution is 6.05. The van der Waals surface area contributed by atoms with Crippen LogP contribution in [0, 0.1) is 10.1 Å². The summed E-state index contributed by atoms with van der Waals surface area (Å²) < 4.78 is 11.4. The van der Waals surface area contributed by atoms with Gasteiger partial charge < -0.3 is 20.1 Å². The minimum atomic E-state index is -0.546. The van der Waals surface area contributed by atoms with Crippen LogP contribution in [-0.2, 0) is 9.47 Å². The Balaban J connectivity index is 1.70. The van der Waals surface area contributed by atoms with Crippen molar-refractivity contribution in [2.75, 3.05) is 37.5 Å². The number of methoxy groups -OCH3 is 1. The quantitative estimate of drug-likeness (QED) is 0.206. The second-order valence-electron chi connectivity index (χ2n) is 6.78. The van der Waals surface area contributed by atoms with Gasteiger partial charge in [0.05, 0.1) is 23.8 Å². The normalized spacial score (nSPS) is 10.5. The molecule has 1 heterocycles. The Bertz CT molecular complexity index is 1140. The number of ether oxygens (including phenoxy) is 2. The molecule has 0 spiro atoms. The van der Waals surface area contributed by atoms with E-state index in [-0.39, 0.29) is 23.6 Å². The van der Waals surface area contributed by atoms with Crippen LogP contribution in [0.15, 0.2) is 54.7 Å². The number of hydrogen-bond acceptors (Lipinski definition) is 8. The molecule has 11 nitrogen and oxygen atoms in total. The number of benzene rings is 2. The van der Waals surface area contributed by atoms with E-state index in [0.29, 0.717) is 30.2 Å². The fourth-order valence-electron chi connectivity index (χ4n) is 2.94. The highest BCUT2D eigenvalue weighted by atomic mass is 16.6. The molecule has 1 aromatic heterocycles. The first kappa shape index (κ1) is 23.4. The number of nitrogens with one attached hydrogen (secondary N) is 2. The first-order valence-corrected chi connectivity index (χ1v) is 10.1. The first-order chi connectivity index (χ1) is 15.9. The molecule has 11 heteroatoms. The summed E-state index contributed by atoms with van der Waals surface area (Å²) >= 11 is 0. The van der Waals surface area contributed by atoms with Crippen LogP contribution in [-0.4, -0.2) is 53.4 Å². The van der Waals surface area contributed by atoms with Crippen LogP contribution >= 0.6 is 0 Å². The van der Waals surface area contributed by atoms with Crippen molar-refractivity contribution in [3.63, 3.8) is 0 Å². The summed E-state index contributed by atoms with van der Waals surface area (Å²) in [5.41, 5.74) is 1.60. The second-order valence-corrected chi connectivity index (χ2v) is 6.78. The van der Waals surface area contributed by atoms with Gasteiger partial charge in [0.2, 0.25) is 0 Å². The molecule has 0 fully saturated rings. The average molecular weight is 453 g/mol. The summed E-state index contributed by atoms with van der Waals surface area (Å²) in [5, 5.41) is 21.2. The van der Waals surface area contributed by atoms with Crippen molar-refractivity contribution in [2.45, 2.75) is 6.92 Å². The first-order valence-electron chi connectivity index (χ1n) is 10.1. The van der Waals surface area contributed by atoms with Crippen molar-refractivity contribution < 1.29 is 24.0 Å². The number of nitro groups is 1. The van der Waals surface area contributed by atoms with Crippen molar-refractivity contribution in [3.8, 4) is 5.69 Å². The van der Waals surface area contributed by atoms with Crippen LogP contribution in [0.3, 0.4) is 0 Å². The summed E-state index contributed by atoms with van der Waals surface area (Å²) in [6, 6.07) is 12.5. The van der Waals surface area contributed by atoms with Crippen molar-refractivity contribution in [1.29, 1.82) is 0 Å². The third-order valence-corrected chi connectivity index (χ3v) is 4.54. The fourth-order valence-corrected chi connectivity index (χ4v) is 2.94. The molecule has 33 heavy (non-hydrogen) atoms. The molecular weight excluding hydrogens is 430 g/mol. The minimum Gasteiger partial charge on any atom is -0.461 e. The van der Waals surface area contributed by atoms with Gasteiger partial charge in [-0.2, -0.15) is 5.10 Å². The van der Waals surface area contributed by atoms with Gasteiger partial charge in [-0.05, 0) is 49.4 Å². The fraction of sp³-hybridized carbons (Fsp3) is 0.227. The number of amides is 1. The lowest BCUT2D eigenvalue weighted by atomic mass is 10.1. The van der Waals surface area contributed by atoms with E-state index in [9.17, 15) is 19.7 Å². The van der Waals surface area contributed by atoms with Gasteiger partial charge in [0.25, 0.3) is 11.6 Å². The summed E-state index contributed by atoms with van der Waals surface area (Å²) in [7, 11) is 1.53. The lowest BCUT2D eigenvalue weighted by Gasteiger charge is -2.09. The maximum absolute atomic E-state index is 12.6. The molecule has 0 aliphatic carbocycles. The Hall–Kier alpha value is -4.25. The molecule has 2 aromatic carbocycles. The summed E-state index contributed by atoms with van der Waals surface area (Å²) in [6.45, 7) is 2.76. The number of aromatic nitrogens is 2. The molecule has 0 atom stereocenters. The molecule has 3 aromatic rings. The second kappa shape index (κ2) is 10.9. The van der Waals surface area contributed by atoms with E-state index >= 15 is 0 Å². The molecule has 0 saturated carbocycles. The van der Waals surface area contributed by atoms with Gasteiger partial charge >= 0.3 is 5.97 Å². The van der Waals surface area contributed by atoms with Crippen LogP contribution in [0.2, 0.25) is 0 Å². The number of rotatable bonds is 10. The standard InChI is InChI=1S/C22H23N5O6/c1-3-33-22(29)19-10-12-26(25-19)17-7-5-16(6-8-17)24-21(28)15-4-9-18(23-11-13-32-2)20(14-15)27(30)31/h4-10,12,14,23H,3,11,13H2,1-2H3,(H,24,28). The van der Waals surface area contributed by atoms with Gasteiger partial charge in [-0.1, -0.05) is 0 Å². The molecular formula is C22H23N5O6. The smallest absolute Gasteiger partial charge is 0.358 e. The van der Waals surface area contributed by atoms with Crippen molar-refractivity contribution in [1.82, 2.24) is 9.78 Å². The van der Waals surface area contributed by atoms with Crippen LogP contribution in [0.5, 0.6) is 0 Å². The monoisotopic (exact) mass is 453 g/mol. The van der Waals surface area contributed by atoms with Crippen LogP contribution in [0.1, 0.15) is 27.8 Å².